The summed E-state index contributed by atoms with van der Waals surface area (Å²) in [7, 11) is 3.01. The second kappa shape index (κ2) is 6.52. The van der Waals surface area contributed by atoms with Gasteiger partial charge >= 0.3 is 5.97 Å². The van der Waals surface area contributed by atoms with Crippen molar-refractivity contribution in [3.05, 3.63) is 59.2 Å². The first-order valence-corrected chi connectivity index (χ1v) is 7.35. The fourth-order valence-corrected chi connectivity index (χ4v) is 2.74. The standard InChI is InChI=1S/C18H18N2O3/c1-22-15-9-5-6-12(10-16(21)23-2)17(15)18-13-7-3-4-8-14(13)19-11-20-18/h3-9,19H,10-11H2,1-2H3. The summed E-state index contributed by atoms with van der Waals surface area (Å²) in [5.41, 5.74) is 4.53. The number of para-hydroxylation sites is 1. The second-order valence-electron chi connectivity index (χ2n) is 5.13. The van der Waals surface area contributed by atoms with Crippen LogP contribution in [0, 0.1) is 0 Å². The summed E-state index contributed by atoms with van der Waals surface area (Å²) >= 11 is 0. The molecule has 0 aliphatic carbocycles. The predicted molar refractivity (Wildman–Crippen MR) is 89.3 cm³/mol. The molecule has 5 heteroatoms. The van der Waals surface area contributed by atoms with E-state index in [0.717, 1.165) is 28.1 Å². The lowest BCUT2D eigenvalue weighted by molar-refractivity contribution is -0.139. The number of hydrogen-bond acceptors (Lipinski definition) is 5. The zero-order valence-corrected chi connectivity index (χ0v) is 13.1. The van der Waals surface area contributed by atoms with E-state index in [4.69, 9.17) is 9.47 Å². The van der Waals surface area contributed by atoms with Gasteiger partial charge in [0, 0.05) is 16.8 Å². The van der Waals surface area contributed by atoms with Crippen molar-refractivity contribution < 1.29 is 14.3 Å². The lowest BCUT2D eigenvalue weighted by Gasteiger charge is -2.22. The fourth-order valence-electron chi connectivity index (χ4n) is 2.74. The van der Waals surface area contributed by atoms with Gasteiger partial charge in [0.15, 0.2) is 0 Å². The lowest BCUT2D eigenvalue weighted by atomic mass is 9.93. The van der Waals surface area contributed by atoms with Crippen molar-refractivity contribution in [2.75, 3.05) is 26.2 Å². The van der Waals surface area contributed by atoms with E-state index in [2.05, 4.69) is 10.3 Å². The zero-order chi connectivity index (χ0) is 16.2. The molecule has 2 aromatic rings. The minimum atomic E-state index is -0.290. The fraction of sp³-hybridized carbons (Fsp3) is 0.222. The number of esters is 1. The van der Waals surface area contributed by atoms with Gasteiger partial charge in [0.05, 0.1) is 26.4 Å². The molecule has 3 rings (SSSR count). The number of nitrogens with one attached hydrogen (secondary N) is 1. The maximum Gasteiger partial charge on any atom is 0.310 e. The Kier molecular flexibility index (Phi) is 4.28. The number of ether oxygens (including phenoxy) is 2. The molecule has 0 saturated heterocycles. The van der Waals surface area contributed by atoms with E-state index in [-0.39, 0.29) is 12.4 Å². The van der Waals surface area contributed by atoms with E-state index in [1.807, 2.05) is 42.5 Å². The van der Waals surface area contributed by atoms with Crippen molar-refractivity contribution in [1.82, 2.24) is 0 Å². The molecule has 1 aliphatic rings. The van der Waals surface area contributed by atoms with Crippen LogP contribution in [0.15, 0.2) is 47.5 Å². The second-order valence-corrected chi connectivity index (χ2v) is 5.13. The van der Waals surface area contributed by atoms with Gasteiger partial charge in [-0.25, -0.2) is 0 Å². The first kappa shape index (κ1) is 15.1. The third kappa shape index (κ3) is 2.90. The highest BCUT2D eigenvalue weighted by atomic mass is 16.5. The van der Waals surface area contributed by atoms with Gasteiger partial charge in [0.25, 0.3) is 0 Å². The number of aliphatic imine (C=N–C) groups is 1. The van der Waals surface area contributed by atoms with Crippen LogP contribution in [0.25, 0.3) is 0 Å². The normalized spacial score (nSPS) is 12.7. The molecule has 5 nitrogen and oxygen atoms in total. The topological polar surface area (TPSA) is 59.9 Å². The van der Waals surface area contributed by atoms with Crippen LogP contribution in [-0.4, -0.2) is 32.6 Å². The number of carbonyl (C=O) groups excluding carboxylic acids is 1. The predicted octanol–water partition coefficient (Wildman–Crippen LogP) is 2.63. The Morgan fingerprint density at radius 1 is 1.17 bits per heavy atom. The van der Waals surface area contributed by atoms with Crippen LogP contribution < -0.4 is 10.1 Å². The molecule has 23 heavy (non-hydrogen) atoms. The summed E-state index contributed by atoms with van der Waals surface area (Å²) in [4.78, 5) is 16.4. The number of rotatable bonds is 4. The zero-order valence-electron chi connectivity index (χ0n) is 13.1. The van der Waals surface area contributed by atoms with Gasteiger partial charge < -0.3 is 14.8 Å². The van der Waals surface area contributed by atoms with E-state index in [0.29, 0.717) is 12.4 Å². The maximum absolute atomic E-state index is 11.7. The number of hydrogen-bond donors (Lipinski definition) is 1. The number of fused-ring (bicyclic) bond motifs is 1. The quantitative estimate of drug-likeness (QED) is 0.882. The summed E-state index contributed by atoms with van der Waals surface area (Å²) in [6.45, 7) is 0.488. The smallest absolute Gasteiger partial charge is 0.310 e. The van der Waals surface area contributed by atoms with E-state index in [9.17, 15) is 4.79 Å². The molecule has 0 atom stereocenters. The molecule has 0 radical (unpaired) electrons. The highest BCUT2D eigenvalue weighted by molar-refractivity contribution is 6.19. The molecular formula is C18H18N2O3. The lowest BCUT2D eigenvalue weighted by Crippen LogP contribution is -2.19. The van der Waals surface area contributed by atoms with Gasteiger partial charge in [0.2, 0.25) is 0 Å². The minimum absolute atomic E-state index is 0.178. The van der Waals surface area contributed by atoms with Crippen LogP contribution >= 0.6 is 0 Å². The Morgan fingerprint density at radius 3 is 2.78 bits per heavy atom. The summed E-state index contributed by atoms with van der Waals surface area (Å²) in [6.07, 6.45) is 0.178. The average Bonchev–Trinajstić information content (AvgIpc) is 2.61. The van der Waals surface area contributed by atoms with Gasteiger partial charge in [-0.05, 0) is 17.7 Å². The number of anilines is 1. The van der Waals surface area contributed by atoms with Crippen LogP contribution in [0.3, 0.4) is 0 Å². The Bertz CT molecular complexity index is 769. The van der Waals surface area contributed by atoms with E-state index in [1.165, 1.54) is 7.11 Å². The van der Waals surface area contributed by atoms with Gasteiger partial charge in [-0.1, -0.05) is 30.3 Å². The van der Waals surface area contributed by atoms with Gasteiger partial charge in [0.1, 0.15) is 12.4 Å². The molecular weight excluding hydrogens is 292 g/mol. The number of methoxy groups -OCH3 is 2. The first-order chi connectivity index (χ1) is 11.2. The highest BCUT2D eigenvalue weighted by Crippen LogP contribution is 2.31. The van der Waals surface area contributed by atoms with Gasteiger partial charge in [-0.3, -0.25) is 9.79 Å². The molecule has 0 amide bonds. The monoisotopic (exact) mass is 310 g/mol. The number of nitrogens with zero attached hydrogens (tertiary/aromatic N) is 1. The Morgan fingerprint density at radius 2 is 2.00 bits per heavy atom. The molecule has 1 aliphatic heterocycles. The van der Waals surface area contributed by atoms with Crippen LogP contribution in [0.2, 0.25) is 0 Å². The number of benzene rings is 2. The Hall–Kier alpha value is -2.82. The third-order valence-corrected chi connectivity index (χ3v) is 3.82. The highest BCUT2D eigenvalue weighted by Gasteiger charge is 2.22. The van der Waals surface area contributed by atoms with Crippen molar-refractivity contribution in [2.45, 2.75) is 6.42 Å². The van der Waals surface area contributed by atoms with Crippen LogP contribution in [0.5, 0.6) is 5.75 Å². The molecule has 0 aromatic heterocycles. The molecule has 2 aromatic carbocycles. The molecule has 0 saturated carbocycles. The van der Waals surface area contributed by atoms with Crippen molar-refractivity contribution in [1.29, 1.82) is 0 Å². The molecule has 0 spiro atoms. The molecule has 118 valence electrons. The number of carbonyl (C=O) groups is 1. The van der Waals surface area contributed by atoms with Crippen molar-refractivity contribution in [3.8, 4) is 5.75 Å². The average molecular weight is 310 g/mol. The van der Waals surface area contributed by atoms with E-state index < -0.39 is 0 Å². The van der Waals surface area contributed by atoms with Crippen molar-refractivity contribution >= 4 is 17.4 Å². The van der Waals surface area contributed by atoms with Crippen LogP contribution in [-0.2, 0) is 16.0 Å². The van der Waals surface area contributed by atoms with Gasteiger partial charge in [-0.15, -0.1) is 0 Å². The SMILES string of the molecule is COC(=O)Cc1cccc(OC)c1C1=NCNc2ccccc21. The summed E-state index contributed by atoms with van der Waals surface area (Å²) in [5.74, 6) is 0.407. The molecule has 0 fully saturated rings. The summed E-state index contributed by atoms with van der Waals surface area (Å²) in [6, 6.07) is 13.6. The maximum atomic E-state index is 11.7. The van der Waals surface area contributed by atoms with Crippen LogP contribution in [0.4, 0.5) is 5.69 Å². The molecule has 0 bridgehead atoms. The molecule has 0 unspecified atom stereocenters. The Balaban J connectivity index is 2.15. The van der Waals surface area contributed by atoms with Crippen molar-refractivity contribution in [2.24, 2.45) is 4.99 Å². The molecule has 1 heterocycles. The van der Waals surface area contributed by atoms with Gasteiger partial charge in [-0.2, -0.15) is 0 Å². The third-order valence-electron chi connectivity index (χ3n) is 3.82. The Labute approximate surface area is 135 Å². The summed E-state index contributed by atoms with van der Waals surface area (Å²) < 4.78 is 10.3. The van der Waals surface area contributed by atoms with Crippen LogP contribution in [0.1, 0.15) is 16.7 Å². The minimum Gasteiger partial charge on any atom is -0.496 e. The molecule has 1 N–H and O–H groups in total. The van der Waals surface area contributed by atoms with Crippen molar-refractivity contribution in [3.63, 3.8) is 0 Å². The largest absolute Gasteiger partial charge is 0.496 e. The summed E-state index contributed by atoms with van der Waals surface area (Å²) in [5, 5.41) is 3.25. The first-order valence-electron chi connectivity index (χ1n) is 7.35. The van der Waals surface area contributed by atoms with E-state index in [1.54, 1.807) is 7.11 Å². The van der Waals surface area contributed by atoms with E-state index >= 15 is 0 Å².